The average molecular weight is 363 g/mol. The summed E-state index contributed by atoms with van der Waals surface area (Å²) in [6, 6.07) is 12.0. The van der Waals surface area contributed by atoms with E-state index in [4.69, 9.17) is 5.73 Å². The summed E-state index contributed by atoms with van der Waals surface area (Å²) < 4.78 is 39.5. The van der Waals surface area contributed by atoms with Crippen molar-refractivity contribution < 1.29 is 13.2 Å². The Kier molecular flexibility index (Phi) is 5.41. The highest BCUT2D eigenvalue weighted by Gasteiger charge is 2.33. The van der Waals surface area contributed by atoms with Gasteiger partial charge in [-0.25, -0.2) is 0 Å². The molecule has 0 atom stereocenters. The highest BCUT2D eigenvalue weighted by Crippen LogP contribution is 2.34. The minimum atomic E-state index is -4.42. The van der Waals surface area contributed by atoms with Gasteiger partial charge in [0.2, 0.25) is 0 Å². The maximum Gasteiger partial charge on any atom is 0.416 e. The third-order valence-corrected chi connectivity index (χ3v) is 4.94. The molecular weight excluding hydrogens is 339 g/mol. The fourth-order valence-electron chi connectivity index (χ4n) is 3.29. The molecule has 0 bridgehead atoms. The van der Waals surface area contributed by atoms with Gasteiger partial charge in [-0.15, -0.1) is 0 Å². The summed E-state index contributed by atoms with van der Waals surface area (Å²) in [5, 5.41) is 3.05. The van der Waals surface area contributed by atoms with Crippen molar-refractivity contribution in [1.82, 2.24) is 0 Å². The number of nitrogens with two attached hydrogens (primary N) is 1. The Bertz CT molecular complexity index is 733. The van der Waals surface area contributed by atoms with Gasteiger partial charge in [-0.2, -0.15) is 13.2 Å². The zero-order valence-electron chi connectivity index (χ0n) is 14.8. The molecule has 0 unspecified atom stereocenters. The number of benzene rings is 2. The standard InChI is InChI=1S/C20H24F3N3/c1-14-8-10-26(11-9-14)18-6-4-16(5-7-18)25-17-3-2-15(13-24)19(12-17)20(21,22)23/h2-7,12,14,25H,8-11,13,24H2,1H3. The molecule has 140 valence electrons. The molecule has 1 aliphatic heterocycles. The Morgan fingerprint density at radius 3 is 2.23 bits per heavy atom. The van der Waals surface area contributed by atoms with Gasteiger partial charge in [0.25, 0.3) is 0 Å². The van der Waals surface area contributed by atoms with Crippen LogP contribution >= 0.6 is 0 Å². The smallest absolute Gasteiger partial charge is 0.372 e. The third-order valence-electron chi connectivity index (χ3n) is 4.94. The van der Waals surface area contributed by atoms with Crippen LogP contribution in [0.2, 0.25) is 0 Å². The molecule has 26 heavy (non-hydrogen) atoms. The van der Waals surface area contributed by atoms with Crippen LogP contribution in [0.3, 0.4) is 0 Å². The van der Waals surface area contributed by atoms with Crippen molar-refractivity contribution in [3.8, 4) is 0 Å². The molecule has 3 N–H and O–H groups in total. The number of piperidine rings is 1. The normalized spacial score (nSPS) is 16.0. The second kappa shape index (κ2) is 7.58. The van der Waals surface area contributed by atoms with Crippen molar-refractivity contribution in [2.75, 3.05) is 23.3 Å². The SMILES string of the molecule is CC1CCN(c2ccc(Nc3ccc(CN)c(C(F)(F)F)c3)cc2)CC1. The first-order valence-electron chi connectivity index (χ1n) is 8.89. The van der Waals surface area contributed by atoms with Crippen LogP contribution in [-0.4, -0.2) is 13.1 Å². The van der Waals surface area contributed by atoms with Crippen molar-refractivity contribution in [2.24, 2.45) is 11.7 Å². The van der Waals surface area contributed by atoms with E-state index in [9.17, 15) is 13.2 Å². The number of hydrogen-bond acceptors (Lipinski definition) is 3. The predicted molar refractivity (Wildman–Crippen MR) is 99.7 cm³/mol. The number of hydrogen-bond donors (Lipinski definition) is 2. The Morgan fingerprint density at radius 1 is 1.04 bits per heavy atom. The fraction of sp³-hybridized carbons (Fsp3) is 0.400. The first kappa shape index (κ1) is 18.6. The Balaban J connectivity index is 1.73. The Morgan fingerprint density at radius 2 is 1.65 bits per heavy atom. The predicted octanol–water partition coefficient (Wildman–Crippen LogP) is 5.14. The van der Waals surface area contributed by atoms with Crippen LogP contribution in [0.5, 0.6) is 0 Å². The van der Waals surface area contributed by atoms with E-state index in [2.05, 4.69) is 17.1 Å². The number of rotatable bonds is 4. The topological polar surface area (TPSA) is 41.3 Å². The lowest BCUT2D eigenvalue weighted by atomic mass is 9.99. The lowest BCUT2D eigenvalue weighted by Crippen LogP contribution is -2.32. The highest BCUT2D eigenvalue weighted by molar-refractivity contribution is 5.64. The molecule has 0 saturated carbocycles. The van der Waals surface area contributed by atoms with Crippen LogP contribution in [0.4, 0.5) is 30.2 Å². The highest BCUT2D eigenvalue weighted by atomic mass is 19.4. The van der Waals surface area contributed by atoms with Crippen molar-refractivity contribution in [2.45, 2.75) is 32.5 Å². The van der Waals surface area contributed by atoms with E-state index in [1.807, 2.05) is 24.3 Å². The molecule has 6 heteroatoms. The van der Waals surface area contributed by atoms with Crippen molar-refractivity contribution in [3.05, 3.63) is 53.6 Å². The summed E-state index contributed by atoms with van der Waals surface area (Å²) in [5.74, 6) is 0.770. The lowest BCUT2D eigenvalue weighted by Gasteiger charge is -2.32. The van der Waals surface area contributed by atoms with E-state index in [1.165, 1.54) is 18.9 Å². The van der Waals surface area contributed by atoms with E-state index in [0.717, 1.165) is 36.4 Å². The molecule has 1 aliphatic rings. The molecule has 3 nitrogen and oxygen atoms in total. The summed E-state index contributed by atoms with van der Waals surface area (Å²) in [7, 11) is 0. The first-order chi connectivity index (χ1) is 12.4. The van der Waals surface area contributed by atoms with Crippen LogP contribution in [0.25, 0.3) is 0 Å². The van der Waals surface area contributed by atoms with Gasteiger partial charge >= 0.3 is 6.18 Å². The number of anilines is 3. The maximum absolute atomic E-state index is 13.2. The second-order valence-electron chi connectivity index (χ2n) is 6.92. The van der Waals surface area contributed by atoms with E-state index in [0.29, 0.717) is 5.69 Å². The number of nitrogens with zero attached hydrogens (tertiary/aromatic N) is 1. The van der Waals surface area contributed by atoms with Crippen LogP contribution in [0.1, 0.15) is 30.9 Å². The van der Waals surface area contributed by atoms with Crippen molar-refractivity contribution in [3.63, 3.8) is 0 Å². The quantitative estimate of drug-likeness (QED) is 0.790. The van der Waals surface area contributed by atoms with E-state index < -0.39 is 11.7 Å². The van der Waals surface area contributed by atoms with Gasteiger partial charge < -0.3 is 16.0 Å². The average Bonchev–Trinajstić information content (AvgIpc) is 2.62. The third kappa shape index (κ3) is 4.30. The molecule has 0 radical (unpaired) electrons. The first-order valence-corrected chi connectivity index (χ1v) is 8.89. The van der Waals surface area contributed by atoms with Gasteiger partial charge in [0, 0.05) is 36.7 Å². The molecule has 0 aromatic heterocycles. The van der Waals surface area contributed by atoms with Gasteiger partial charge in [0.05, 0.1) is 5.56 Å². The molecule has 0 spiro atoms. The summed E-state index contributed by atoms with van der Waals surface area (Å²) >= 11 is 0. The number of halogens is 3. The summed E-state index contributed by atoms with van der Waals surface area (Å²) in [5.41, 5.74) is 7.13. The molecule has 1 fully saturated rings. The van der Waals surface area contributed by atoms with Gasteiger partial charge in [0.15, 0.2) is 0 Å². The molecular formula is C20H24F3N3. The lowest BCUT2D eigenvalue weighted by molar-refractivity contribution is -0.138. The van der Waals surface area contributed by atoms with Crippen molar-refractivity contribution in [1.29, 1.82) is 0 Å². The minimum absolute atomic E-state index is 0.0951. The van der Waals surface area contributed by atoms with Crippen LogP contribution in [0, 0.1) is 5.92 Å². The zero-order chi connectivity index (χ0) is 18.7. The zero-order valence-corrected chi connectivity index (χ0v) is 14.8. The Labute approximate surface area is 152 Å². The molecule has 2 aromatic carbocycles. The van der Waals surface area contributed by atoms with Gasteiger partial charge in [-0.05, 0) is 60.7 Å². The second-order valence-corrected chi connectivity index (χ2v) is 6.92. The summed E-state index contributed by atoms with van der Waals surface area (Å²) in [4.78, 5) is 2.35. The van der Waals surface area contributed by atoms with E-state index in [-0.39, 0.29) is 12.1 Å². The fourth-order valence-corrected chi connectivity index (χ4v) is 3.29. The van der Waals surface area contributed by atoms with Crippen LogP contribution in [0.15, 0.2) is 42.5 Å². The van der Waals surface area contributed by atoms with E-state index >= 15 is 0 Å². The minimum Gasteiger partial charge on any atom is -0.372 e. The van der Waals surface area contributed by atoms with Crippen LogP contribution < -0.4 is 16.0 Å². The van der Waals surface area contributed by atoms with Gasteiger partial charge in [0.1, 0.15) is 0 Å². The largest absolute Gasteiger partial charge is 0.416 e. The molecule has 0 amide bonds. The van der Waals surface area contributed by atoms with E-state index in [1.54, 1.807) is 6.07 Å². The molecule has 0 aliphatic carbocycles. The van der Waals surface area contributed by atoms with Crippen molar-refractivity contribution >= 4 is 17.1 Å². The summed E-state index contributed by atoms with van der Waals surface area (Å²) in [6.45, 7) is 4.22. The molecule has 1 heterocycles. The maximum atomic E-state index is 13.2. The molecule has 2 aromatic rings. The number of alkyl halides is 3. The van der Waals surface area contributed by atoms with Gasteiger partial charge in [-0.3, -0.25) is 0 Å². The van der Waals surface area contributed by atoms with Crippen LogP contribution in [-0.2, 0) is 12.7 Å². The molecule has 3 rings (SSSR count). The summed E-state index contributed by atoms with van der Waals surface area (Å²) in [6.07, 6.45) is -2.04. The number of nitrogens with one attached hydrogen (secondary N) is 1. The monoisotopic (exact) mass is 363 g/mol. The van der Waals surface area contributed by atoms with Gasteiger partial charge in [-0.1, -0.05) is 13.0 Å². The molecule has 1 saturated heterocycles. The Hall–Kier alpha value is -2.21.